The van der Waals surface area contributed by atoms with Crippen LogP contribution in [0.1, 0.15) is 57.6 Å². The summed E-state index contributed by atoms with van der Waals surface area (Å²) in [6.45, 7) is 12.2. The zero-order valence-corrected chi connectivity index (χ0v) is 16.4. The highest BCUT2D eigenvalue weighted by molar-refractivity contribution is 5.82. The molecule has 0 aliphatic heterocycles. The maximum atomic E-state index is 12.2. The molecule has 1 aliphatic rings. The maximum absolute atomic E-state index is 12.2. The summed E-state index contributed by atoms with van der Waals surface area (Å²) in [5.41, 5.74) is 1.68. The molecule has 1 aliphatic carbocycles. The lowest BCUT2D eigenvalue weighted by molar-refractivity contribution is -0.132. The fourth-order valence-corrected chi connectivity index (χ4v) is 4.08. The third kappa shape index (κ3) is 4.12. The third-order valence-corrected chi connectivity index (χ3v) is 6.62. The van der Waals surface area contributed by atoms with Crippen molar-refractivity contribution in [3.63, 3.8) is 0 Å². The normalized spacial score (nSPS) is 27.3. The number of carbonyl (C=O) groups excluding carboxylic acids is 1. The summed E-state index contributed by atoms with van der Waals surface area (Å²) in [6.07, 6.45) is 2.27. The quantitative estimate of drug-likeness (QED) is 0.662. The minimum absolute atomic E-state index is 0.0126. The Morgan fingerprint density at radius 3 is 2.46 bits per heavy atom. The van der Waals surface area contributed by atoms with Crippen LogP contribution in [0.15, 0.2) is 24.3 Å². The van der Waals surface area contributed by atoms with Crippen molar-refractivity contribution in [1.29, 1.82) is 0 Å². The zero-order chi connectivity index (χ0) is 19.6. The van der Waals surface area contributed by atoms with Crippen molar-refractivity contribution in [2.24, 2.45) is 17.3 Å². The Bertz CT molecular complexity index is 670. The summed E-state index contributed by atoms with van der Waals surface area (Å²) in [7, 11) is 0. The first-order valence-electron chi connectivity index (χ1n) is 9.46. The summed E-state index contributed by atoms with van der Waals surface area (Å²) in [5, 5.41) is 30.6. The van der Waals surface area contributed by atoms with Gasteiger partial charge in [0.1, 0.15) is 17.3 Å². The predicted molar refractivity (Wildman–Crippen MR) is 103 cm³/mol. The molecule has 1 fully saturated rings. The van der Waals surface area contributed by atoms with Crippen LogP contribution in [0.4, 0.5) is 0 Å². The van der Waals surface area contributed by atoms with Crippen LogP contribution in [0.3, 0.4) is 0 Å². The summed E-state index contributed by atoms with van der Waals surface area (Å²) < 4.78 is 0. The monoisotopic (exact) mass is 360 g/mol. The lowest BCUT2D eigenvalue weighted by Crippen LogP contribution is -2.41. The molecule has 0 heterocycles. The fraction of sp³-hybridized carbons (Fsp3) is 0.591. The van der Waals surface area contributed by atoms with Gasteiger partial charge >= 0.3 is 0 Å². The van der Waals surface area contributed by atoms with Gasteiger partial charge in [0.2, 0.25) is 0 Å². The Morgan fingerprint density at radius 2 is 1.88 bits per heavy atom. The Kier molecular flexibility index (Phi) is 6.17. The van der Waals surface area contributed by atoms with E-state index in [2.05, 4.69) is 20.4 Å². The van der Waals surface area contributed by atoms with Crippen molar-refractivity contribution in [3.8, 4) is 11.5 Å². The van der Waals surface area contributed by atoms with Crippen LogP contribution in [0.5, 0.6) is 11.5 Å². The first kappa shape index (κ1) is 20.5. The first-order chi connectivity index (χ1) is 12.1. The number of aliphatic hydroxyl groups is 1. The molecule has 1 saturated carbocycles. The molecule has 0 bridgehead atoms. The predicted octanol–water partition coefficient (Wildman–Crippen LogP) is 4.29. The highest BCUT2D eigenvalue weighted by Gasteiger charge is 2.43. The van der Waals surface area contributed by atoms with Crippen molar-refractivity contribution >= 4 is 5.78 Å². The van der Waals surface area contributed by atoms with E-state index in [1.807, 2.05) is 6.92 Å². The Hall–Kier alpha value is -1.81. The van der Waals surface area contributed by atoms with E-state index in [-0.39, 0.29) is 29.3 Å². The van der Waals surface area contributed by atoms with Crippen LogP contribution in [0.2, 0.25) is 0 Å². The molecule has 0 radical (unpaired) electrons. The number of carbonyl (C=O) groups is 1. The van der Waals surface area contributed by atoms with Crippen LogP contribution >= 0.6 is 0 Å². The molecule has 1 unspecified atom stereocenters. The summed E-state index contributed by atoms with van der Waals surface area (Å²) in [4.78, 5) is 12.2. The molecule has 4 atom stereocenters. The minimum atomic E-state index is -0.844. The average Bonchev–Trinajstić information content (AvgIpc) is 2.57. The number of ketones is 1. The number of hydrogen-bond acceptors (Lipinski definition) is 4. The number of benzene rings is 1. The van der Waals surface area contributed by atoms with Crippen LogP contribution in [0, 0.1) is 24.2 Å². The van der Waals surface area contributed by atoms with E-state index in [1.54, 1.807) is 19.1 Å². The zero-order valence-electron chi connectivity index (χ0n) is 16.4. The number of rotatable bonds is 6. The highest BCUT2D eigenvalue weighted by atomic mass is 16.3. The van der Waals surface area contributed by atoms with Crippen LogP contribution in [-0.2, 0) is 11.2 Å². The van der Waals surface area contributed by atoms with Gasteiger partial charge in [0, 0.05) is 24.3 Å². The van der Waals surface area contributed by atoms with Gasteiger partial charge in [-0.15, -0.1) is 0 Å². The Morgan fingerprint density at radius 1 is 1.31 bits per heavy atom. The van der Waals surface area contributed by atoms with Gasteiger partial charge in [-0.3, -0.25) is 4.79 Å². The van der Waals surface area contributed by atoms with Crippen LogP contribution in [-0.4, -0.2) is 27.2 Å². The molecule has 4 heteroatoms. The van der Waals surface area contributed by atoms with Gasteiger partial charge in [0.15, 0.2) is 0 Å². The molecule has 2 rings (SSSR count). The molecule has 1 aromatic rings. The molecule has 0 amide bonds. The summed E-state index contributed by atoms with van der Waals surface area (Å²) in [5.74, 6) is 0.765. The number of phenols is 2. The van der Waals surface area contributed by atoms with Gasteiger partial charge in [0.25, 0.3) is 0 Å². The van der Waals surface area contributed by atoms with E-state index in [1.165, 1.54) is 0 Å². The van der Waals surface area contributed by atoms with Gasteiger partial charge in [-0.1, -0.05) is 27.4 Å². The average molecular weight is 360 g/mol. The smallest absolute Gasteiger partial charge is 0.136 e. The number of hydrogen-bond donors (Lipinski definition) is 3. The lowest BCUT2D eigenvalue weighted by Gasteiger charge is -2.44. The number of phenolic OH excluding ortho intramolecular Hbond substituents is 2. The molecule has 0 spiro atoms. The van der Waals surface area contributed by atoms with E-state index in [0.717, 1.165) is 18.4 Å². The number of aliphatic hydroxyl groups excluding tert-OH is 1. The highest BCUT2D eigenvalue weighted by Crippen LogP contribution is 2.47. The molecule has 4 nitrogen and oxygen atoms in total. The second-order valence-corrected chi connectivity index (χ2v) is 8.29. The van der Waals surface area contributed by atoms with Gasteiger partial charge in [-0.05, 0) is 60.8 Å². The van der Waals surface area contributed by atoms with E-state index in [9.17, 15) is 20.1 Å². The maximum Gasteiger partial charge on any atom is 0.136 e. The molecule has 1 aromatic carbocycles. The fourth-order valence-electron chi connectivity index (χ4n) is 4.08. The van der Waals surface area contributed by atoms with E-state index in [4.69, 9.17) is 0 Å². The Labute approximate surface area is 156 Å². The second kappa shape index (κ2) is 7.83. The van der Waals surface area contributed by atoms with E-state index >= 15 is 0 Å². The minimum Gasteiger partial charge on any atom is -0.508 e. The molecule has 144 valence electrons. The van der Waals surface area contributed by atoms with Crippen molar-refractivity contribution in [2.75, 3.05) is 0 Å². The molecular formula is C22H32O4. The van der Waals surface area contributed by atoms with E-state index in [0.29, 0.717) is 35.7 Å². The van der Waals surface area contributed by atoms with Crippen molar-refractivity contribution in [2.45, 2.75) is 65.9 Å². The molecule has 26 heavy (non-hydrogen) atoms. The topological polar surface area (TPSA) is 77.8 Å². The molecule has 0 saturated heterocycles. The number of aryl methyl sites for hydroxylation is 1. The van der Waals surface area contributed by atoms with Gasteiger partial charge < -0.3 is 15.3 Å². The molecule has 3 N–H and O–H groups in total. The van der Waals surface area contributed by atoms with Gasteiger partial charge in [-0.25, -0.2) is 0 Å². The van der Waals surface area contributed by atoms with E-state index < -0.39 is 6.10 Å². The van der Waals surface area contributed by atoms with Crippen LogP contribution in [0.25, 0.3) is 0 Å². The van der Waals surface area contributed by atoms with Crippen molar-refractivity contribution < 1.29 is 20.1 Å². The summed E-state index contributed by atoms with van der Waals surface area (Å²) in [6, 6.07) is 3.14. The number of aromatic hydroxyl groups is 2. The SMILES string of the molecule is C=C(CC[C@@]1(C)[C@H](C)CCC(=O)[C@@H]1C)C(O)Cc1c(O)cc(C)cc1O. The van der Waals surface area contributed by atoms with Gasteiger partial charge in [0.05, 0.1) is 6.10 Å². The van der Waals surface area contributed by atoms with Crippen molar-refractivity contribution in [1.82, 2.24) is 0 Å². The lowest BCUT2D eigenvalue weighted by atomic mass is 9.59. The van der Waals surface area contributed by atoms with Crippen molar-refractivity contribution in [3.05, 3.63) is 35.4 Å². The first-order valence-corrected chi connectivity index (χ1v) is 9.46. The standard InChI is InChI=1S/C22H32O4/c1-13-10-20(25)17(21(26)11-13)12-19(24)14(2)8-9-22(5)15(3)6-7-18(23)16(22)4/h10-11,15-16,19,24-26H,2,6-9,12H2,1,3-5H3/t15-,16+,19?,22+/m1/s1. The largest absolute Gasteiger partial charge is 0.508 e. The molecular weight excluding hydrogens is 328 g/mol. The number of Topliss-reactive ketones (excluding diaryl/α,β-unsaturated/α-hetero) is 1. The van der Waals surface area contributed by atoms with Crippen LogP contribution < -0.4 is 0 Å². The second-order valence-electron chi connectivity index (χ2n) is 8.29. The van der Waals surface area contributed by atoms with Gasteiger partial charge in [-0.2, -0.15) is 0 Å². The Balaban J connectivity index is 2.02. The third-order valence-electron chi connectivity index (χ3n) is 6.62. The molecule has 0 aromatic heterocycles. The summed E-state index contributed by atoms with van der Waals surface area (Å²) >= 11 is 0.